The van der Waals surface area contributed by atoms with Crippen molar-refractivity contribution >= 4 is 75.6 Å². The van der Waals surface area contributed by atoms with Crippen LogP contribution in [0.3, 0.4) is 0 Å². The molecule has 2 aliphatic carbocycles. The van der Waals surface area contributed by atoms with Gasteiger partial charge in [0, 0.05) is 11.5 Å². The highest BCUT2D eigenvalue weighted by Gasteiger charge is 2.78. The van der Waals surface area contributed by atoms with Crippen molar-refractivity contribution in [1.29, 1.82) is 0 Å². The minimum atomic E-state index is -1.59. The van der Waals surface area contributed by atoms with E-state index in [1.807, 2.05) is 0 Å². The van der Waals surface area contributed by atoms with Gasteiger partial charge in [0.2, 0.25) is 0 Å². The number of allylic oxidation sites excluding steroid dienone is 2. The summed E-state index contributed by atoms with van der Waals surface area (Å²) < 4.78 is 3.52. The SMILES string of the molecule is C=C(C)C(=O)OCC1CC2(Cl)C(Cl)=C(Cl)C1(Cl)C2(Cl)Cl. The molecule has 1 saturated carbocycles. The summed E-state index contributed by atoms with van der Waals surface area (Å²) in [6.07, 6.45) is 0.254. The minimum Gasteiger partial charge on any atom is -0.462 e. The Labute approximate surface area is 146 Å². The van der Waals surface area contributed by atoms with Gasteiger partial charge in [-0.05, 0) is 13.3 Å². The van der Waals surface area contributed by atoms with Crippen LogP contribution in [0.4, 0.5) is 0 Å². The number of rotatable bonds is 3. The lowest BCUT2D eigenvalue weighted by atomic mass is 9.93. The van der Waals surface area contributed by atoms with Crippen LogP contribution in [0.25, 0.3) is 0 Å². The van der Waals surface area contributed by atoms with E-state index in [0.717, 1.165) is 0 Å². The van der Waals surface area contributed by atoms with Crippen LogP contribution in [0.2, 0.25) is 0 Å². The molecule has 0 saturated heterocycles. The molecular weight excluding hydrogens is 389 g/mol. The van der Waals surface area contributed by atoms with Gasteiger partial charge < -0.3 is 4.74 Å². The molecule has 3 atom stereocenters. The molecule has 2 rings (SSSR count). The Morgan fingerprint density at radius 1 is 1.30 bits per heavy atom. The Balaban J connectivity index is 2.29. The van der Waals surface area contributed by atoms with E-state index in [9.17, 15) is 4.79 Å². The third kappa shape index (κ3) is 1.96. The van der Waals surface area contributed by atoms with Crippen LogP contribution in [0.5, 0.6) is 0 Å². The van der Waals surface area contributed by atoms with Gasteiger partial charge in [0.25, 0.3) is 0 Å². The molecule has 0 N–H and O–H groups in total. The van der Waals surface area contributed by atoms with E-state index in [1.165, 1.54) is 0 Å². The van der Waals surface area contributed by atoms with Crippen molar-refractivity contribution in [3.63, 3.8) is 0 Å². The molecule has 8 heteroatoms. The maximum Gasteiger partial charge on any atom is 0.333 e. The summed E-state index contributed by atoms with van der Waals surface area (Å²) in [5, 5.41) is 0.242. The fraction of sp³-hybridized carbons (Fsp3) is 0.583. The summed E-state index contributed by atoms with van der Waals surface area (Å²) in [6.45, 7) is 5.01. The van der Waals surface area contributed by atoms with Crippen molar-refractivity contribution in [3.05, 3.63) is 22.2 Å². The number of ether oxygens (including phenoxy) is 1. The van der Waals surface area contributed by atoms with Crippen LogP contribution in [0.15, 0.2) is 22.2 Å². The number of halogens is 6. The monoisotopic (exact) mass is 396 g/mol. The number of carbonyl (C=O) groups is 1. The molecule has 0 aromatic carbocycles. The van der Waals surface area contributed by atoms with E-state index in [2.05, 4.69) is 6.58 Å². The van der Waals surface area contributed by atoms with Gasteiger partial charge in [-0.15, -0.1) is 23.2 Å². The Kier molecular flexibility index (Phi) is 4.36. The van der Waals surface area contributed by atoms with E-state index in [-0.39, 0.29) is 28.7 Å². The number of carbonyl (C=O) groups excluding carboxylic acids is 1. The topological polar surface area (TPSA) is 26.3 Å². The zero-order valence-corrected chi connectivity index (χ0v) is 14.8. The predicted octanol–water partition coefficient (Wildman–Crippen LogP) is 4.96. The molecule has 1 fully saturated rings. The second-order valence-electron chi connectivity index (χ2n) is 5.00. The molecule has 3 unspecified atom stereocenters. The summed E-state index contributed by atoms with van der Waals surface area (Å²) in [6, 6.07) is 0. The van der Waals surface area contributed by atoms with Crippen LogP contribution >= 0.6 is 69.6 Å². The van der Waals surface area contributed by atoms with Crippen LogP contribution in [0, 0.1) is 5.92 Å². The van der Waals surface area contributed by atoms with Crippen molar-refractivity contribution in [2.75, 3.05) is 6.61 Å². The Morgan fingerprint density at radius 2 is 1.85 bits per heavy atom. The van der Waals surface area contributed by atoms with Crippen molar-refractivity contribution in [2.24, 2.45) is 5.92 Å². The van der Waals surface area contributed by atoms with Crippen LogP contribution < -0.4 is 0 Å². The van der Waals surface area contributed by atoms with Crippen molar-refractivity contribution in [3.8, 4) is 0 Å². The normalized spacial score (nSPS) is 38.2. The maximum absolute atomic E-state index is 11.5. The second kappa shape index (κ2) is 5.11. The Bertz CT molecular complexity index is 528. The number of hydrogen-bond acceptors (Lipinski definition) is 2. The Hall–Kier alpha value is 0.690. The lowest BCUT2D eigenvalue weighted by Crippen LogP contribution is -2.45. The van der Waals surface area contributed by atoms with E-state index in [4.69, 9.17) is 74.3 Å². The van der Waals surface area contributed by atoms with Gasteiger partial charge in [-0.1, -0.05) is 53.0 Å². The van der Waals surface area contributed by atoms with E-state index in [0.29, 0.717) is 0 Å². The molecular formula is C12H10Cl6O2. The number of alkyl halides is 4. The average Bonchev–Trinajstić information content (AvgIpc) is 2.57. The maximum atomic E-state index is 11.5. The van der Waals surface area contributed by atoms with Crippen LogP contribution in [-0.2, 0) is 9.53 Å². The molecule has 0 aromatic rings. The Morgan fingerprint density at radius 3 is 2.25 bits per heavy atom. The summed E-state index contributed by atoms with van der Waals surface area (Å²) in [7, 11) is 0. The summed E-state index contributed by atoms with van der Waals surface area (Å²) in [5.41, 5.74) is 0.278. The van der Waals surface area contributed by atoms with Gasteiger partial charge in [0.05, 0.1) is 16.7 Å². The van der Waals surface area contributed by atoms with Crippen molar-refractivity contribution in [2.45, 2.75) is 27.4 Å². The highest BCUT2D eigenvalue weighted by Crippen LogP contribution is 2.74. The molecule has 20 heavy (non-hydrogen) atoms. The molecule has 2 nitrogen and oxygen atoms in total. The van der Waals surface area contributed by atoms with Crippen LogP contribution in [-0.4, -0.2) is 26.7 Å². The predicted molar refractivity (Wildman–Crippen MR) is 84.2 cm³/mol. The van der Waals surface area contributed by atoms with E-state index < -0.39 is 26.0 Å². The van der Waals surface area contributed by atoms with Gasteiger partial charge in [0.1, 0.15) is 9.75 Å². The zero-order chi connectivity index (χ0) is 15.5. The van der Waals surface area contributed by atoms with Gasteiger partial charge in [-0.2, -0.15) is 0 Å². The molecule has 0 aliphatic heterocycles. The summed E-state index contributed by atoms with van der Waals surface area (Å²) >= 11 is 37.8. The van der Waals surface area contributed by atoms with Gasteiger partial charge in [-0.3, -0.25) is 0 Å². The fourth-order valence-electron chi connectivity index (χ4n) is 2.50. The smallest absolute Gasteiger partial charge is 0.333 e. The van der Waals surface area contributed by atoms with Crippen molar-refractivity contribution < 1.29 is 9.53 Å². The number of hydrogen-bond donors (Lipinski definition) is 0. The lowest BCUT2D eigenvalue weighted by Gasteiger charge is -2.33. The lowest BCUT2D eigenvalue weighted by molar-refractivity contribution is -0.140. The first-order valence-electron chi connectivity index (χ1n) is 5.64. The van der Waals surface area contributed by atoms with Gasteiger partial charge in [-0.25, -0.2) is 4.79 Å². The molecule has 0 heterocycles. The molecule has 2 bridgehead atoms. The number of esters is 1. The first-order chi connectivity index (χ1) is 9.00. The van der Waals surface area contributed by atoms with E-state index in [1.54, 1.807) is 6.92 Å². The quantitative estimate of drug-likeness (QED) is 0.381. The van der Waals surface area contributed by atoms with Gasteiger partial charge >= 0.3 is 5.97 Å². The minimum absolute atomic E-state index is 0.0226. The third-order valence-corrected chi connectivity index (χ3v) is 7.99. The van der Waals surface area contributed by atoms with Gasteiger partial charge in [0.15, 0.2) is 4.33 Å². The number of fused-ring (bicyclic) bond motifs is 2. The summed E-state index contributed by atoms with van der Waals surface area (Å²) in [4.78, 5) is 8.80. The average molecular weight is 399 g/mol. The highest BCUT2D eigenvalue weighted by molar-refractivity contribution is 6.65. The standard InChI is InChI=1S/C12H10Cl6O2/c1-5(2)9(19)20-4-6-3-10(15)7(13)8(14)11(6,16)12(10,17)18/h6H,1,3-4H2,2H3. The first-order valence-corrected chi connectivity index (χ1v) is 7.91. The van der Waals surface area contributed by atoms with Crippen LogP contribution in [0.1, 0.15) is 13.3 Å². The molecule has 112 valence electrons. The third-order valence-electron chi connectivity index (χ3n) is 3.67. The first kappa shape index (κ1) is 17.1. The van der Waals surface area contributed by atoms with E-state index >= 15 is 0 Å². The summed E-state index contributed by atoms with van der Waals surface area (Å²) in [5.74, 6) is -0.979. The molecule has 0 spiro atoms. The second-order valence-corrected chi connectivity index (χ2v) is 8.32. The van der Waals surface area contributed by atoms with Crippen molar-refractivity contribution in [1.82, 2.24) is 0 Å². The highest BCUT2D eigenvalue weighted by atomic mass is 35.5. The molecule has 0 aromatic heterocycles. The molecule has 2 aliphatic rings. The largest absolute Gasteiger partial charge is 0.462 e. The molecule has 0 amide bonds. The fourth-order valence-corrected chi connectivity index (χ4v) is 5.33. The molecule has 0 radical (unpaired) electrons. The zero-order valence-electron chi connectivity index (χ0n) is 10.3.